The molecule has 0 saturated heterocycles. The normalized spacial score (nSPS) is 20.2. The molecule has 2 nitrogen and oxygen atoms in total. The third-order valence-corrected chi connectivity index (χ3v) is 4.09. The molecule has 1 aliphatic carbocycles. The Morgan fingerprint density at radius 3 is 3.06 bits per heavy atom. The molecule has 0 amide bonds. The fourth-order valence-corrected chi connectivity index (χ4v) is 3.16. The van der Waals surface area contributed by atoms with Gasteiger partial charge in [-0.2, -0.15) is 0 Å². The van der Waals surface area contributed by atoms with Crippen LogP contribution in [0.3, 0.4) is 0 Å². The van der Waals surface area contributed by atoms with Crippen molar-refractivity contribution in [1.29, 1.82) is 0 Å². The lowest BCUT2D eigenvalue weighted by atomic mass is 10.0. The fourth-order valence-electron chi connectivity index (χ4n) is 2.93. The predicted molar refractivity (Wildman–Crippen MR) is 72.7 cm³/mol. The van der Waals surface area contributed by atoms with E-state index in [0.29, 0.717) is 6.04 Å². The molecule has 0 bridgehead atoms. The second-order valence-corrected chi connectivity index (χ2v) is 5.17. The minimum atomic E-state index is 0.458. The van der Waals surface area contributed by atoms with Gasteiger partial charge < -0.3 is 10.3 Å². The monoisotopic (exact) mass is 248 g/mol. The minimum Gasteiger partial charge on any atom is -0.357 e. The molecule has 1 unspecified atom stereocenters. The number of aromatic nitrogens is 1. The van der Waals surface area contributed by atoms with Gasteiger partial charge in [0, 0.05) is 17.1 Å². The summed E-state index contributed by atoms with van der Waals surface area (Å²) in [6.45, 7) is 0. The van der Waals surface area contributed by atoms with Crippen LogP contribution in [-0.2, 0) is 6.42 Å². The molecule has 0 spiro atoms. The third-order valence-electron chi connectivity index (χ3n) is 3.77. The summed E-state index contributed by atoms with van der Waals surface area (Å²) in [5, 5.41) is 5.55. The Morgan fingerprint density at radius 1 is 1.35 bits per heavy atom. The summed E-state index contributed by atoms with van der Waals surface area (Å²) in [4.78, 5) is 3.52. The zero-order valence-electron chi connectivity index (χ0n) is 10.0. The Bertz CT molecular complexity index is 544. The van der Waals surface area contributed by atoms with E-state index >= 15 is 0 Å². The molecule has 0 aliphatic heterocycles. The van der Waals surface area contributed by atoms with Gasteiger partial charge in [0.25, 0.3) is 0 Å². The van der Waals surface area contributed by atoms with Crippen LogP contribution < -0.4 is 5.32 Å². The highest BCUT2D eigenvalue weighted by atomic mass is 35.5. The fraction of sp³-hybridized carbons (Fsp3) is 0.429. The van der Waals surface area contributed by atoms with Crippen LogP contribution in [0.15, 0.2) is 18.2 Å². The first-order valence-electron chi connectivity index (χ1n) is 6.27. The molecule has 3 rings (SSSR count). The van der Waals surface area contributed by atoms with Crippen molar-refractivity contribution in [3.8, 4) is 0 Å². The molecule has 3 heteroatoms. The predicted octanol–water partition coefficient (Wildman–Crippen LogP) is 3.81. The van der Waals surface area contributed by atoms with E-state index in [2.05, 4.69) is 16.4 Å². The standard InChI is InChI=1S/C14H17ClN2/c1-16-11-7-2-3-8-12-13(11)9-5-4-6-10(15)14(9)17-12/h4-6,11,16-17H,2-3,7-8H2,1H3. The Morgan fingerprint density at radius 2 is 2.24 bits per heavy atom. The van der Waals surface area contributed by atoms with Crippen molar-refractivity contribution < 1.29 is 0 Å². The van der Waals surface area contributed by atoms with E-state index in [1.54, 1.807) is 0 Å². The van der Waals surface area contributed by atoms with Gasteiger partial charge in [0.1, 0.15) is 0 Å². The lowest BCUT2D eigenvalue weighted by Gasteiger charge is -2.14. The van der Waals surface area contributed by atoms with Crippen molar-refractivity contribution >= 4 is 22.5 Å². The SMILES string of the molecule is CNC1CCCCc2[nH]c3c(Cl)cccc3c21. The highest BCUT2D eigenvalue weighted by molar-refractivity contribution is 6.35. The van der Waals surface area contributed by atoms with Crippen LogP contribution in [0.25, 0.3) is 10.9 Å². The largest absolute Gasteiger partial charge is 0.357 e. The van der Waals surface area contributed by atoms with Crippen LogP contribution in [0, 0.1) is 0 Å². The van der Waals surface area contributed by atoms with Crippen molar-refractivity contribution in [2.45, 2.75) is 31.7 Å². The number of hydrogen-bond acceptors (Lipinski definition) is 1. The summed E-state index contributed by atoms with van der Waals surface area (Å²) in [5.41, 5.74) is 3.90. The van der Waals surface area contributed by atoms with Crippen molar-refractivity contribution in [3.05, 3.63) is 34.5 Å². The van der Waals surface area contributed by atoms with E-state index in [-0.39, 0.29) is 0 Å². The first kappa shape index (κ1) is 11.1. The number of hydrogen-bond donors (Lipinski definition) is 2. The average Bonchev–Trinajstić information content (AvgIpc) is 2.59. The van der Waals surface area contributed by atoms with Gasteiger partial charge in [0.05, 0.1) is 10.5 Å². The van der Waals surface area contributed by atoms with Crippen molar-refractivity contribution in [1.82, 2.24) is 10.3 Å². The molecule has 90 valence electrons. The molecule has 0 radical (unpaired) electrons. The van der Waals surface area contributed by atoms with Crippen LogP contribution in [0.1, 0.15) is 36.6 Å². The molecule has 1 aliphatic rings. The van der Waals surface area contributed by atoms with Gasteiger partial charge in [0.2, 0.25) is 0 Å². The number of rotatable bonds is 1. The Balaban J connectivity index is 2.27. The van der Waals surface area contributed by atoms with Crippen LogP contribution in [0.5, 0.6) is 0 Å². The van der Waals surface area contributed by atoms with Gasteiger partial charge >= 0.3 is 0 Å². The quantitative estimate of drug-likeness (QED) is 0.738. The maximum absolute atomic E-state index is 6.26. The molecule has 2 N–H and O–H groups in total. The van der Waals surface area contributed by atoms with E-state index < -0.39 is 0 Å². The first-order valence-corrected chi connectivity index (χ1v) is 6.65. The molecule has 1 aromatic heterocycles. The van der Waals surface area contributed by atoms with E-state index in [1.807, 2.05) is 19.2 Å². The van der Waals surface area contributed by atoms with E-state index in [1.165, 1.54) is 35.9 Å². The molecular weight excluding hydrogens is 232 g/mol. The molecule has 0 fully saturated rings. The number of aromatic amines is 1. The molecule has 0 saturated carbocycles. The third kappa shape index (κ3) is 1.76. The van der Waals surface area contributed by atoms with Gasteiger partial charge in [0.15, 0.2) is 0 Å². The average molecular weight is 249 g/mol. The van der Waals surface area contributed by atoms with Gasteiger partial charge in [-0.15, -0.1) is 0 Å². The lowest BCUT2D eigenvalue weighted by molar-refractivity contribution is 0.536. The van der Waals surface area contributed by atoms with Crippen molar-refractivity contribution in [3.63, 3.8) is 0 Å². The number of fused-ring (bicyclic) bond motifs is 3. The molecule has 1 heterocycles. The van der Waals surface area contributed by atoms with Crippen LogP contribution in [-0.4, -0.2) is 12.0 Å². The summed E-state index contributed by atoms with van der Waals surface area (Å²) < 4.78 is 0. The van der Waals surface area contributed by atoms with Crippen LogP contribution >= 0.6 is 11.6 Å². The van der Waals surface area contributed by atoms with Gasteiger partial charge in [-0.3, -0.25) is 0 Å². The first-order chi connectivity index (χ1) is 8.31. The zero-order chi connectivity index (χ0) is 11.8. The zero-order valence-corrected chi connectivity index (χ0v) is 10.8. The number of para-hydroxylation sites is 1. The lowest BCUT2D eigenvalue weighted by Crippen LogP contribution is -2.15. The summed E-state index contributed by atoms with van der Waals surface area (Å²) >= 11 is 6.26. The Kier molecular flexibility index (Phi) is 2.85. The molecule has 1 aromatic carbocycles. The van der Waals surface area contributed by atoms with E-state index in [9.17, 15) is 0 Å². The van der Waals surface area contributed by atoms with Gasteiger partial charge in [-0.25, -0.2) is 0 Å². The van der Waals surface area contributed by atoms with Crippen molar-refractivity contribution in [2.75, 3.05) is 7.05 Å². The highest BCUT2D eigenvalue weighted by Crippen LogP contribution is 2.36. The highest BCUT2D eigenvalue weighted by Gasteiger charge is 2.22. The van der Waals surface area contributed by atoms with Crippen molar-refractivity contribution in [2.24, 2.45) is 0 Å². The summed E-state index contributed by atoms with van der Waals surface area (Å²) in [7, 11) is 2.04. The number of H-pyrrole nitrogens is 1. The molecule has 1 atom stereocenters. The molecule has 2 aromatic rings. The molecular formula is C14H17ClN2. The van der Waals surface area contributed by atoms with Gasteiger partial charge in [-0.1, -0.05) is 30.2 Å². The minimum absolute atomic E-state index is 0.458. The van der Waals surface area contributed by atoms with Crippen LogP contribution in [0.4, 0.5) is 0 Å². The maximum atomic E-state index is 6.26. The second-order valence-electron chi connectivity index (χ2n) is 4.77. The Labute approximate surface area is 106 Å². The summed E-state index contributed by atoms with van der Waals surface area (Å²) in [5.74, 6) is 0. The number of aryl methyl sites for hydroxylation is 1. The maximum Gasteiger partial charge on any atom is 0.0648 e. The topological polar surface area (TPSA) is 27.8 Å². The van der Waals surface area contributed by atoms with E-state index in [0.717, 1.165) is 17.0 Å². The molecule has 17 heavy (non-hydrogen) atoms. The number of halogens is 1. The Hall–Kier alpha value is -0.990. The number of benzene rings is 1. The smallest absolute Gasteiger partial charge is 0.0648 e. The number of nitrogens with one attached hydrogen (secondary N) is 2. The summed E-state index contributed by atoms with van der Waals surface area (Å²) in [6, 6.07) is 6.62. The summed E-state index contributed by atoms with van der Waals surface area (Å²) in [6.07, 6.45) is 4.90. The van der Waals surface area contributed by atoms with Crippen LogP contribution in [0.2, 0.25) is 5.02 Å². The van der Waals surface area contributed by atoms with Gasteiger partial charge in [-0.05, 0) is 37.9 Å². The second kappa shape index (κ2) is 4.35. The van der Waals surface area contributed by atoms with E-state index in [4.69, 9.17) is 11.6 Å².